The van der Waals surface area contributed by atoms with E-state index in [0.717, 1.165) is 38.8 Å². The Morgan fingerprint density at radius 3 is 1.47 bits per heavy atom. The SMILES string of the molecule is CCCCCCCCC=CCCCCCCCC(=O)OC(CCCCCCCCCCCCCC)C[N+](C)(C)CCCC(=O)O. The number of esters is 1. The van der Waals surface area contributed by atoms with E-state index in [-0.39, 0.29) is 18.5 Å². The van der Waals surface area contributed by atoms with Gasteiger partial charge < -0.3 is 14.3 Å². The number of carboxylic acids is 1. The van der Waals surface area contributed by atoms with Crippen LogP contribution >= 0.6 is 0 Å². The van der Waals surface area contributed by atoms with Crippen LogP contribution in [0.15, 0.2) is 12.2 Å². The van der Waals surface area contributed by atoms with Crippen molar-refractivity contribution in [3.63, 3.8) is 0 Å². The predicted octanol–water partition coefficient (Wildman–Crippen LogP) is 12.0. The Balaban J connectivity index is 4.20. The molecule has 5 nitrogen and oxygen atoms in total. The Bertz CT molecular complexity index is 690. The molecule has 0 spiro atoms. The minimum absolute atomic E-state index is 0.0536. The Hall–Kier alpha value is -1.36. The number of allylic oxidation sites excluding steroid dienone is 2. The molecule has 0 aliphatic carbocycles. The van der Waals surface area contributed by atoms with Gasteiger partial charge in [0.15, 0.2) is 6.10 Å². The summed E-state index contributed by atoms with van der Waals surface area (Å²) < 4.78 is 6.74. The van der Waals surface area contributed by atoms with Crippen molar-refractivity contribution < 1.29 is 23.9 Å². The molecule has 0 aliphatic heterocycles. The van der Waals surface area contributed by atoms with E-state index in [1.165, 1.54) is 141 Å². The maximum absolute atomic E-state index is 12.8. The van der Waals surface area contributed by atoms with Gasteiger partial charge in [-0.2, -0.15) is 0 Å². The first-order chi connectivity index (χ1) is 21.8. The van der Waals surface area contributed by atoms with Crippen LogP contribution in [0.2, 0.25) is 0 Å². The number of carboxylic acid groups (broad SMARTS) is 1. The summed E-state index contributed by atoms with van der Waals surface area (Å²) >= 11 is 0. The number of hydrogen-bond acceptors (Lipinski definition) is 3. The second-order valence-corrected chi connectivity index (χ2v) is 14.5. The van der Waals surface area contributed by atoms with Gasteiger partial charge in [0.1, 0.15) is 6.54 Å². The molecule has 0 saturated heterocycles. The van der Waals surface area contributed by atoms with Crippen LogP contribution in [0.5, 0.6) is 0 Å². The third kappa shape index (κ3) is 33.8. The predicted molar refractivity (Wildman–Crippen MR) is 194 cm³/mol. The van der Waals surface area contributed by atoms with Crippen molar-refractivity contribution in [3.05, 3.63) is 12.2 Å². The van der Waals surface area contributed by atoms with E-state index in [9.17, 15) is 9.59 Å². The lowest BCUT2D eigenvalue weighted by Gasteiger charge is -2.33. The van der Waals surface area contributed by atoms with Crippen molar-refractivity contribution in [3.8, 4) is 0 Å². The highest BCUT2D eigenvalue weighted by molar-refractivity contribution is 5.69. The summed E-state index contributed by atoms with van der Waals surface area (Å²) in [5, 5.41) is 9.04. The average Bonchev–Trinajstić information content (AvgIpc) is 2.99. The zero-order valence-corrected chi connectivity index (χ0v) is 30.8. The molecule has 0 radical (unpaired) electrons. The molecule has 45 heavy (non-hydrogen) atoms. The second kappa shape index (κ2) is 32.6. The fourth-order valence-corrected chi connectivity index (χ4v) is 6.29. The molecule has 0 rings (SSSR count). The van der Waals surface area contributed by atoms with E-state index in [2.05, 4.69) is 40.1 Å². The van der Waals surface area contributed by atoms with Crippen molar-refractivity contribution in [2.75, 3.05) is 27.2 Å². The summed E-state index contributed by atoms with van der Waals surface area (Å²) in [6.45, 7) is 6.09. The van der Waals surface area contributed by atoms with Gasteiger partial charge in [0, 0.05) is 12.8 Å². The number of likely N-dealkylation sites (N-methyl/N-ethyl adjacent to an activating group) is 1. The molecule has 1 N–H and O–H groups in total. The number of unbranched alkanes of at least 4 members (excludes halogenated alkanes) is 22. The quantitative estimate of drug-likeness (QED) is 0.0325. The minimum Gasteiger partial charge on any atom is -0.481 e. The molecular weight excluding hydrogens is 558 g/mol. The molecule has 5 heteroatoms. The molecule has 0 heterocycles. The van der Waals surface area contributed by atoms with Gasteiger partial charge in [-0.15, -0.1) is 0 Å². The van der Waals surface area contributed by atoms with Gasteiger partial charge in [0.2, 0.25) is 0 Å². The highest BCUT2D eigenvalue weighted by atomic mass is 16.5. The van der Waals surface area contributed by atoms with Gasteiger partial charge in [-0.05, 0) is 44.9 Å². The smallest absolute Gasteiger partial charge is 0.306 e. The standard InChI is InChI=1S/C40H77NO4/c1-5-7-9-11-13-15-17-19-20-21-23-25-27-29-31-35-40(44)45-38(37-41(3,4)36-32-34-39(42)43)33-30-28-26-24-22-18-16-14-12-10-8-6-2/h19-20,38H,5-18,21-37H2,1-4H3/p+1. The van der Waals surface area contributed by atoms with Gasteiger partial charge in [-0.1, -0.05) is 148 Å². The van der Waals surface area contributed by atoms with Crippen LogP contribution in [0.4, 0.5) is 0 Å². The first kappa shape index (κ1) is 43.6. The van der Waals surface area contributed by atoms with Crippen LogP contribution in [-0.4, -0.2) is 54.8 Å². The topological polar surface area (TPSA) is 63.6 Å². The highest BCUT2D eigenvalue weighted by Gasteiger charge is 2.25. The Labute approximate surface area is 280 Å². The largest absolute Gasteiger partial charge is 0.481 e. The Morgan fingerprint density at radius 2 is 1.00 bits per heavy atom. The fourth-order valence-electron chi connectivity index (χ4n) is 6.29. The van der Waals surface area contributed by atoms with E-state index in [1.54, 1.807) is 0 Å². The first-order valence-electron chi connectivity index (χ1n) is 19.7. The van der Waals surface area contributed by atoms with Crippen molar-refractivity contribution in [2.24, 2.45) is 0 Å². The zero-order valence-electron chi connectivity index (χ0n) is 30.8. The number of quaternary nitrogens is 1. The Kier molecular flexibility index (Phi) is 31.6. The van der Waals surface area contributed by atoms with Gasteiger partial charge in [0.25, 0.3) is 0 Å². The maximum atomic E-state index is 12.8. The molecule has 266 valence electrons. The number of carbonyl (C=O) groups is 2. The lowest BCUT2D eigenvalue weighted by Crippen LogP contribution is -2.47. The second-order valence-electron chi connectivity index (χ2n) is 14.5. The van der Waals surface area contributed by atoms with Crippen LogP contribution in [0, 0.1) is 0 Å². The normalized spacial score (nSPS) is 12.6. The summed E-state index contributed by atoms with van der Waals surface area (Å²) in [5.74, 6) is -0.795. The van der Waals surface area contributed by atoms with Gasteiger partial charge in [0.05, 0.1) is 27.1 Å². The van der Waals surface area contributed by atoms with Crippen LogP contribution in [-0.2, 0) is 14.3 Å². The average molecular weight is 637 g/mol. The molecule has 1 unspecified atom stereocenters. The van der Waals surface area contributed by atoms with Crippen LogP contribution in [0.25, 0.3) is 0 Å². The molecule has 0 amide bonds. The number of rotatable bonds is 35. The van der Waals surface area contributed by atoms with Gasteiger partial charge in [-0.3, -0.25) is 9.59 Å². The van der Waals surface area contributed by atoms with E-state index in [4.69, 9.17) is 9.84 Å². The summed E-state index contributed by atoms with van der Waals surface area (Å²) in [4.78, 5) is 23.8. The number of carbonyl (C=O) groups excluding carboxylic acids is 1. The van der Waals surface area contributed by atoms with E-state index < -0.39 is 5.97 Å². The number of nitrogens with zero attached hydrogens (tertiary/aromatic N) is 1. The lowest BCUT2D eigenvalue weighted by atomic mass is 10.0. The summed E-state index contributed by atoms with van der Waals surface area (Å²) in [6, 6.07) is 0. The van der Waals surface area contributed by atoms with Gasteiger partial charge in [-0.25, -0.2) is 0 Å². The molecule has 0 saturated carbocycles. The minimum atomic E-state index is -0.741. The molecular formula is C40H78NO4+. The van der Waals surface area contributed by atoms with Crippen LogP contribution < -0.4 is 0 Å². The van der Waals surface area contributed by atoms with Crippen molar-refractivity contribution in [1.82, 2.24) is 0 Å². The van der Waals surface area contributed by atoms with E-state index >= 15 is 0 Å². The first-order valence-corrected chi connectivity index (χ1v) is 19.7. The lowest BCUT2D eigenvalue weighted by molar-refractivity contribution is -0.893. The molecule has 0 fully saturated rings. The Morgan fingerprint density at radius 1 is 0.578 bits per heavy atom. The highest BCUT2D eigenvalue weighted by Crippen LogP contribution is 2.17. The number of aliphatic carboxylic acids is 1. The summed E-state index contributed by atoms with van der Waals surface area (Å²) in [6.07, 6.45) is 39.0. The molecule has 0 aromatic carbocycles. The molecule has 0 bridgehead atoms. The third-order valence-electron chi connectivity index (χ3n) is 9.17. The van der Waals surface area contributed by atoms with Crippen molar-refractivity contribution in [2.45, 2.75) is 206 Å². The molecule has 0 aromatic heterocycles. The van der Waals surface area contributed by atoms with Crippen LogP contribution in [0.1, 0.15) is 200 Å². The molecule has 0 aliphatic rings. The summed E-state index contributed by atoms with van der Waals surface area (Å²) in [5.41, 5.74) is 0. The third-order valence-corrected chi connectivity index (χ3v) is 9.17. The van der Waals surface area contributed by atoms with Crippen LogP contribution in [0.3, 0.4) is 0 Å². The monoisotopic (exact) mass is 637 g/mol. The fraction of sp³-hybridized carbons (Fsp3) is 0.900. The summed E-state index contributed by atoms with van der Waals surface area (Å²) in [7, 11) is 4.27. The van der Waals surface area contributed by atoms with E-state index in [0.29, 0.717) is 17.3 Å². The number of ether oxygens (including phenoxy) is 1. The molecule has 1 atom stereocenters. The van der Waals surface area contributed by atoms with Gasteiger partial charge >= 0.3 is 11.9 Å². The van der Waals surface area contributed by atoms with Crippen molar-refractivity contribution in [1.29, 1.82) is 0 Å². The van der Waals surface area contributed by atoms with E-state index in [1.807, 2.05) is 0 Å². The zero-order chi connectivity index (χ0) is 33.3. The van der Waals surface area contributed by atoms with Crippen molar-refractivity contribution >= 4 is 11.9 Å². The maximum Gasteiger partial charge on any atom is 0.306 e. The number of hydrogen-bond donors (Lipinski definition) is 1. The molecule has 0 aromatic rings.